The van der Waals surface area contributed by atoms with Crippen molar-refractivity contribution in [3.8, 4) is 22.6 Å². The van der Waals surface area contributed by atoms with Crippen LogP contribution >= 0.6 is 0 Å². The van der Waals surface area contributed by atoms with Crippen molar-refractivity contribution in [2.45, 2.75) is 6.18 Å². The Balaban J connectivity index is 1.91. The number of benzene rings is 3. The SMILES string of the molecule is O=C1c2cccc(O)c2C(=O)c2c(O)cc(-c3cccc(C(F)(F)F)c3)cc21. The van der Waals surface area contributed by atoms with Gasteiger partial charge in [-0.05, 0) is 41.5 Å². The molecule has 4 rings (SSSR count). The first-order valence-corrected chi connectivity index (χ1v) is 8.14. The molecule has 2 N–H and O–H groups in total. The number of carbonyl (C=O) groups is 2. The largest absolute Gasteiger partial charge is 0.507 e. The predicted octanol–water partition coefficient (Wildman–Crippen LogP) is 4.56. The van der Waals surface area contributed by atoms with Gasteiger partial charge in [0.15, 0.2) is 5.78 Å². The molecule has 0 saturated carbocycles. The van der Waals surface area contributed by atoms with E-state index >= 15 is 0 Å². The number of rotatable bonds is 1. The van der Waals surface area contributed by atoms with Crippen molar-refractivity contribution in [2.24, 2.45) is 0 Å². The summed E-state index contributed by atoms with van der Waals surface area (Å²) in [6.45, 7) is 0. The molecule has 0 aliphatic heterocycles. The zero-order valence-corrected chi connectivity index (χ0v) is 14.0. The predicted molar refractivity (Wildman–Crippen MR) is 93.5 cm³/mol. The van der Waals surface area contributed by atoms with E-state index in [2.05, 4.69) is 0 Å². The summed E-state index contributed by atoms with van der Waals surface area (Å²) < 4.78 is 38.9. The molecule has 1 aliphatic carbocycles. The van der Waals surface area contributed by atoms with Crippen LogP contribution in [0.5, 0.6) is 11.5 Å². The highest BCUT2D eigenvalue weighted by Gasteiger charge is 2.35. The highest BCUT2D eigenvalue weighted by molar-refractivity contribution is 6.30. The average molecular weight is 384 g/mol. The fourth-order valence-electron chi connectivity index (χ4n) is 3.32. The summed E-state index contributed by atoms with van der Waals surface area (Å²) >= 11 is 0. The Bertz CT molecular complexity index is 1160. The minimum Gasteiger partial charge on any atom is -0.507 e. The van der Waals surface area contributed by atoms with E-state index in [0.717, 1.165) is 18.2 Å². The van der Waals surface area contributed by atoms with Gasteiger partial charge in [-0.1, -0.05) is 24.3 Å². The monoisotopic (exact) mass is 384 g/mol. The van der Waals surface area contributed by atoms with Gasteiger partial charge < -0.3 is 10.2 Å². The van der Waals surface area contributed by atoms with Gasteiger partial charge in [0.25, 0.3) is 0 Å². The van der Waals surface area contributed by atoms with Crippen LogP contribution in [0.4, 0.5) is 13.2 Å². The van der Waals surface area contributed by atoms with Gasteiger partial charge in [-0.3, -0.25) is 9.59 Å². The van der Waals surface area contributed by atoms with Crippen molar-refractivity contribution >= 4 is 11.6 Å². The smallest absolute Gasteiger partial charge is 0.416 e. The van der Waals surface area contributed by atoms with Gasteiger partial charge in [0.05, 0.1) is 16.7 Å². The number of ketones is 2. The number of carbonyl (C=O) groups excluding carboxylic acids is 2. The van der Waals surface area contributed by atoms with Gasteiger partial charge in [-0.15, -0.1) is 0 Å². The second-order valence-corrected chi connectivity index (χ2v) is 6.35. The lowest BCUT2D eigenvalue weighted by atomic mass is 9.81. The minimum absolute atomic E-state index is 0.0295. The molecule has 1 aliphatic rings. The van der Waals surface area contributed by atoms with E-state index in [-0.39, 0.29) is 39.1 Å². The lowest BCUT2D eigenvalue weighted by Gasteiger charge is -2.20. The molecule has 0 atom stereocenters. The summed E-state index contributed by atoms with van der Waals surface area (Å²) in [7, 11) is 0. The lowest BCUT2D eigenvalue weighted by molar-refractivity contribution is -0.137. The van der Waals surface area contributed by atoms with Crippen LogP contribution in [0.15, 0.2) is 54.6 Å². The second kappa shape index (κ2) is 5.95. The van der Waals surface area contributed by atoms with Crippen LogP contribution in [-0.2, 0) is 6.18 Å². The Kier molecular flexibility index (Phi) is 3.78. The van der Waals surface area contributed by atoms with Crippen LogP contribution in [0.1, 0.15) is 37.4 Å². The number of aromatic hydroxyl groups is 2. The molecule has 0 heterocycles. The summed E-state index contributed by atoms with van der Waals surface area (Å²) in [5.74, 6) is -2.26. The molecule has 28 heavy (non-hydrogen) atoms. The molecule has 0 fully saturated rings. The highest BCUT2D eigenvalue weighted by Crippen LogP contribution is 2.40. The van der Waals surface area contributed by atoms with Crippen LogP contribution in [0.3, 0.4) is 0 Å². The zero-order chi connectivity index (χ0) is 20.2. The Labute approximate surface area is 156 Å². The Morgan fingerprint density at radius 1 is 0.679 bits per heavy atom. The topological polar surface area (TPSA) is 74.6 Å². The van der Waals surface area contributed by atoms with Crippen molar-refractivity contribution < 1.29 is 33.0 Å². The fourth-order valence-corrected chi connectivity index (χ4v) is 3.32. The molecule has 4 nitrogen and oxygen atoms in total. The number of fused-ring (bicyclic) bond motifs is 2. The van der Waals surface area contributed by atoms with E-state index in [0.29, 0.717) is 0 Å². The summed E-state index contributed by atoms with van der Waals surface area (Å²) in [4.78, 5) is 25.5. The van der Waals surface area contributed by atoms with E-state index in [1.54, 1.807) is 0 Å². The van der Waals surface area contributed by atoms with Crippen molar-refractivity contribution in [3.63, 3.8) is 0 Å². The van der Waals surface area contributed by atoms with Crippen LogP contribution in [0, 0.1) is 0 Å². The van der Waals surface area contributed by atoms with Crippen LogP contribution in [-0.4, -0.2) is 21.8 Å². The van der Waals surface area contributed by atoms with Gasteiger partial charge in [0.1, 0.15) is 11.5 Å². The van der Waals surface area contributed by atoms with Crippen molar-refractivity contribution in [1.82, 2.24) is 0 Å². The second-order valence-electron chi connectivity index (χ2n) is 6.35. The molecule has 3 aromatic rings. The van der Waals surface area contributed by atoms with Gasteiger partial charge in [-0.25, -0.2) is 0 Å². The molecule has 7 heteroatoms. The molecule has 0 radical (unpaired) electrons. The van der Waals surface area contributed by atoms with E-state index in [1.165, 1.54) is 36.4 Å². The molecular weight excluding hydrogens is 373 g/mol. The van der Waals surface area contributed by atoms with E-state index < -0.39 is 29.1 Å². The summed E-state index contributed by atoms with van der Waals surface area (Å²) in [5.41, 5.74) is -1.23. The zero-order valence-electron chi connectivity index (χ0n) is 14.0. The normalized spacial score (nSPS) is 13.2. The first-order valence-electron chi connectivity index (χ1n) is 8.14. The number of phenolic OH excluding ortho intramolecular Hbond substituents is 2. The standard InChI is InChI=1S/C21H11F3O4/c22-21(23,24)12-4-1-3-10(7-12)11-8-14-18(16(26)9-11)20(28)17-13(19(14)27)5-2-6-15(17)25/h1-9,25-26H. The van der Waals surface area contributed by atoms with Crippen molar-refractivity contribution in [2.75, 3.05) is 0 Å². The van der Waals surface area contributed by atoms with Gasteiger partial charge in [-0.2, -0.15) is 13.2 Å². The summed E-state index contributed by atoms with van der Waals surface area (Å²) in [6.07, 6.45) is -4.55. The molecule has 140 valence electrons. The maximum Gasteiger partial charge on any atom is 0.416 e. The summed E-state index contributed by atoms with van der Waals surface area (Å²) in [5, 5.41) is 20.3. The molecule has 0 unspecified atom stereocenters. The minimum atomic E-state index is -4.55. The first-order chi connectivity index (χ1) is 13.2. The maximum atomic E-state index is 13.0. The molecular formula is C21H11F3O4. The average Bonchev–Trinajstić information content (AvgIpc) is 2.64. The highest BCUT2D eigenvalue weighted by atomic mass is 19.4. The van der Waals surface area contributed by atoms with Crippen LogP contribution < -0.4 is 0 Å². The molecule has 0 spiro atoms. The maximum absolute atomic E-state index is 13.0. The molecule has 0 aromatic heterocycles. The van der Waals surface area contributed by atoms with Gasteiger partial charge in [0.2, 0.25) is 5.78 Å². The van der Waals surface area contributed by atoms with Crippen molar-refractivity contribution in [3.05, 3.63) is 82.4 Å². The third-order valence-electron chi connectivity index (χ3n) is 4.63. The fraction of sp³-hybridized carbons (Fsp3) is 0.0476. The first kappa shape index (κ1) is 17.8. The number of hydrogen-bond donors (Lipinski definition) is 2. The number of halogens is 3. The van der Waals surface area contributed by atoms with E-state index in [9.17, 15) is 33.0 Å². The van der Waals surface area contributed by atoms with Crippen LogP contribution in [0.25, 0.3) is 11.1 Å². The molecule has 3 aromatic carbocycles. The quantitative estimate of drug-likeness (QED) is 0.505. The van der Waals surface area contributed by atoms with Gasteiger partial charge >= 0.3 is 6.18 Å². The molecule has 0 amide bonds. The van der Waals surface area contributed by atoms with Crippen molar-refractivity contribution in [1.29, 1.82) is 0 Å². The summed E-state index contributed by atoms with van der Waals surface area (Å²) in [6, 6.07) is 10.9. The Morgan fingerprint density at radius 2 is 1.36 bits per heavy atom. The number of phenols is 2. The van der Waals surface area contributed by atoms with E-state index in [1.807, 2.05) is 0 Å². The van der Waals surface area contributed by atoms with E-state index in [4.69, 9.17) is 0 Å². The third-order valence-corrected chi connectivity index (χ3v) is 4.63. The number of hydrogen-bond acceptors (Lipinski definition) is 4. The lowest BCUT2D eigenvalue weighted by Crippen LogP contribution is -2.21. The number of alkyl halides is 3. The van der Waals surface area contributed by atoms with Gasteiger partial charge in [0, 0.05) is 11.1 Å². The Hall–Kier alpha value is -3.61. The molecule has 0 saturated heterocycles. The Morgan fingerprint density at radius 3 is 2.07 bits per heavy atom. The van der Waals surface area contributed by atoms with Crippen LogP contribution in [0.2, 0.25) is 0 Å². The molecule has 0 bridgehead atoms. The third kappa shape index (κ3) is 2.63.